The Kier molecular flexibility index (Phi) is 5.62. The van der Waals surface area contributed by atoms with Crippen LogP contribution in [0.3, 0.4) is 0 Å². The van der Waals surface area contributed by atoms with E-state index in [0.29, 0.717) is 18.7 Å². The summed E-state index contributed by atoms with van der Waals surface area (Å²) in [5.41, 5.74) is 4.18. The second kappa shape index (κ2) is 8.52. The Morgan fingerprint density at radius 2 is 1.73 bits per heavy atom. The van der Waals surface area contributed by atoms with E-state index in [2.05, 4.69) is 64.8 Å². The summed E-state index contributed by atoms with van der Waals surface area (Å²) in [7, 11) is 0. The van der Waals surface area contributed by atoms with E-state index in [1.54, 1.807) is 0 Å². The van der Waals surface area contributed by atoms with Crippen LogP contribution in [-0.4, -0.2) is 48.2 Å². The van der Waals surface area contributed by atoms with Gasteiger partial charge in [-0.25, -0.2) is 0 Å². The average Bonchev–Trinajstić information content (AvgIpc) is 3.33. The van der Waals surface area contributed by atoms with Gasteiger partial charge in [-0.2, -0.15) is 0 Å². The van der Waals surface area contributed by atoms with Crippen molar-refractivity contribution in [1.82, 2.24) is 10.2 Å². The molecule has 1 N–H and O–H groups in total. The van der Waals surface area contributed by atoms with Gasteiger partial charge in [0.05, 0.1) is 6.61 Å². The number of hydrogen-bond acceptors (Lipinski definition) is 4. The van der Waals surface area contributed by atoms with Crippen molar-refractivity contribution in [1.29, 1.82) is 0 Å². The molecular formula is C26H32N2O2. The molecule has 2 saturated heterocycles. The summed E-state index contributed by atoms with van der Waals surface area (Å²) in [5, 5.41) is 4.05. The van der Waals surface area contributed by atoms with E-state index in [1.165, 1.54) is 23.1 Å². The third-order valence-electron chi connectivity index (χ3n) is 7.28. The number of carbonyl (C=O) groups is 1. The van der Waals surface area contributed by atoms with E-state index in [9.17, 15) is 4.79 Å². The summed E-state index contributed by atoms with van der Waals surface area (Å²) in [6.07, 6.45) is 5.70. The van der Waals surface area contributed by atoms with Crippen molar-refractivity contribution >= 4 is 5.97 Å². The zero-order valence-corrected chi connectivity index (χ0v) is 17.8. The van der Waals surface area contributed by atoms with Crippen LogP contribution in [0.4, 0.5) is 0 Å². The highest BCUT2D eigenvalue weighted by molar-refractivity contribution is 5.78. The lowest BCUT2D eigenvalue weighted by Gasteiger charge is -2.35. The fraction of sp³-hybridized carbons (Fsp3) is 0.500. The molecule has 3 aliphatic rings. The molecule has 0 radical (unpaired) electrons. The van der Waals surface area contributed by atoms with E-state index in [0.717, 1.165) is 32.2 Å². The second-order valence-corrected chi connectivity index (χ2v) is 9.00. The van der Waals surface area contributed by atoms with Crippen LogP contribution in [0.2, 0.25) is 0 Å². The number of fused-ring (bicyclic) bond motifs is 2. The molecule has 30 heavy (non-hydrogen) atoms. The molecule has 4 heteroatoms. The van der Waals surface area contributed by atoms with Gasteiger partial charge in [-0.05, 0) is 55.8 Å². The fourth-order valence-corrected chi connectivity index (χ4v) is 6.09. The van der Waals surface area contributed by atoms with E-state index < -0.39 is 0 Å². The molecule has 0 unspecified atom stereocenters. The van der Waals surface area contributed by atoms with Crippen molar-refractivity contribution in [2.75, 3.05) is 13.2 Å². The van der Waals surface area contributed by atoms with Crippen LogP contribution in [0.25, 0.3) is 0 Å². The van der Waals surface area contributed by atoms with Crippen LogP contribution in [0.15, 0.2) is 54.6 Å². The highest BCUT2D eigenvalue weighted by Crippen LogP contribution is 2.43. The molecule has 5 rings (SSSR count). The molecule has 0 spiro atoms. The van der Waals surface area contributed by atoms with Gasteiger partial charge >= 0.3 is 5.97 Å². The second-order valence-electron chi connectivity index (χ2n) is 9.00. The molecule has 1 aliphatic carbocycles. The van der Waals surface area contributed by atoms with Gasteiger partial charge in [0, 0.05) is 24.0 Å². The molecule has 0 bridgehead atoms. The lowest BCUT2D eigenvalue weighted by molar-refractivity contribution is -0.149. The Hall–Kier alpha value is -2.17. The van der Waals surface area contributed by atoms with E-state index >= 15 is 0 Å². The van der Waals surface area contributed by atoms with Crippen molar-refractivity contribution < 1.29 is 9.53 Å². The van der Waals surface area contributed by atoms with Gasteiger partial charge in [-0.3, -0.25) is 9.69 Å². The average molecular weight is 405 g/mol. The molecular weight excluding hydrogens is 372 g/mol. The number of rotatable bonds is 5. The van der Waals surface area contributed by atoms with Gasteiger partial charge in [0.2, 0.25) is 0 Å². The van der Waals surface area contributed by atoms with Crippen molar-refractivity contribution in [2.45, 2.75) is 69.1 Å². The maximum atomic E-state index is 13.2. The van der Waals surface area contributed by atoms with Crippen LogP contribution in [0.5, 0.6) is 0 Å². The highest BCUT2D eigenvalue weighted by atomic mass is 16.5. The van der Waals surface area contributed by atoms with Crippen molar-refractivity contribution in [3.8, 4) is 0 Å². The molecule has 2 aromatic rings. The number of hydrogen-bond donors (Lipinski definition) is 1. The largest absolute Gasteiger partial charge is 0.465 e. The van der Waals surface area contributed by atoms with Crippen LogP contribution < -0.4 is 5.32 Å². The molecule has 2 aliphatic heterocycles. The van der Waals surface area contributed by atoms with Crippen LogP contribution >= 0.6 is 0 Å². The molecule has 0 aromatic heterocycles. The van der Waals surface area contributed by atoms with E-state index in [-0.39, 0.29) is 24.0 Å². The minimum Gasteiger partial charge on any atom is -0.465 e. The van der Waals surface area contributed by atoms with Crippen LogP contribution in [0.1, 0.15) is 48.8 Å². The number of carbonyl (C=O) groups excluding carboxylic acids is 1. The van der Waals surface area contributed by atoms with E-state index in [1.807, 2.05) is 6.92 Å². The third-order valence-corrected chi connectivity index (χ3v) is 7.28. The Morgan fingerprint density at radius 3 is 2.43 bits per heavy atom. The van der Waals surface area contributed by atoms with Crippen LogP contribution in [-0.2, 0) is 22.4 Å². The van der Waals surface area contributed by atoms with Crippen molar-refractivity contribution in [3.05, 3.63) is 71.3 Å². The summed E-state index contributed by atoms with van der Waals surface area (Å²) < 4.78 is 5.59. The summed E-state index contributed by atoms with van der Waals surface area (Å²) in [4.78, 5) is 15.6. The standard InChI is InChI=1S/C26H32N2O2/c1-2-30-26(29)25-23(18-10-4-3-5-11-18)24(22-14-8-9-15-28(22)25)27-21-16-19-12-6-7-13-20(19)17-21/h3-7,10-13,21-25,27H,2,8-9,14-17H2,1H3/t22-,23-,24+,25+/m1/s1. The Balaban J connectivity index is 1.47. The Bertz CT molecular complexity index is 859. The summed E-state index contributed by atoms with van der Waals surface area (Å²) >= 11 is 0. The molecule has 2 fully saturated rings. The molecule has 0 amide bonds. The van der Waals surface area contributed by atoms with Gasteiger partial charge in [-0.1, -0.05) is 61.0 Å². The predicted octanol–water partition coefficient (Wildman–Crippen LogP) is 3.70. The topological polar surface area (TPSA) is 41.6 Å². The first-order valence-corrected chi connectivity index (χ1v) is 11.6. The quantitative estimate of drug-likeness (QED) is 0.772. The lowest BCUT2D eigenvalue weighted by atomic mass is 9.85. The predicted molar refractivity (Wildman–Crippen MR) is 119 cm³/mol. The number of benzene rings is 2. The zero-order valence-electron chi connectivity index (χ0n) is 17.8. The monoisotopic (exact) mass is 404 g/mol. The van der Waals surface area contributed by atoms with Crippen LogP contribution in [0, 0.1) is 0 Å². The van der Waals surface area contributed by atoms with Crippen molar-refractivity contribution in [2.24, 2.45) is 0 Å². The zero-order chi connectivity index (χ0) is 20.5. The van der Waals surface area contributed by atoms with Gasteiger partial charge in [-0.15, -0.1) is 0 Å². The SMILES string of the molecule is CCOC(=O)[C@@H]1[C@H](c2ccccc2)[C@@H](NC2Cc3ccccc3C2)[C@H]2CCCCN21. The first kappa shape index (κ1) is 19.8. The molecule has 0 saturated carbocycles. The number of nitrogens with one attached hydrogen (secondary N) is 1. The first-order valence-electron chi connectivity index (χ1n) is 11.6. The number of nitrogens with zero attached hydrogens (tertiary/aromatic N) is 1. The maximum absolute atomic E-state index is 13.2. The summed E-state index contributed by atoms with van der Waals surface area (Å²) in [6.45, 7) is 3.33. The van der Waals surface area contributed by atoms with Gasteiger partial charge in [0.15, 0.2) is 0 Å². The molecule has 2 aromatic carbocycles. The molecule has 158 valence electrons. The van der Waals surface area contributed by atoms with Gasteiger partial charge in [0.25, 0.3) is 0 Å². The summed E-state index contributed by atoms with van der Waals surface area (Å²) in [5.74, 6) is 0.0642. The van der Waals surface area contributed by atoms with Crippen molar-refractivity contribution in [3.63, 3.8) is 0 Å². The Labute approximate surface area is 179 Å². The fourth-order valence-electron chi connectivity index (χ4n) is 6.09. The minimum atomic E-state index is -0.195. The minimum absolute atomic E-state index is 0.0581. The number of esters is 1. The highest BCUT2D eigenvalue weighted by Gasteiger charge is 2.53. The third kappa shape index (κ3) is 3.57. The maximum Gasteiger partial charge on any atom is 0.324 e. The number of ether oxygens (including phenoxy) is 1. The molecule has 2 heterocycles. The normalized spacial score (nSPS) is 28.8. The Morgan fingerprint density at radius 1 is 1.03 bits per heavy atom. The van der Waals surface area contributed by atoms with E-state index in [4.69, 9.17) is 4.74 Å². The number of piperidine rings is 1. The van der Waals surface area contributed by atoms with Gasteiger partial charge < -0.3 is 10.1 Å². The molecule has 4 nitrogen and oxygen atoms in total. The molecule has 4 atom stereocenters. The van der Waals surface area contributed by atoms with Gasteiger partial charge in [0.1, 0.15) is 6.04 Å². The first-order chi connectivity index (χ1) is 14.8. The lowest BCUT2D eigenvalue weighted by Crippen LogP contribution is -2.50. The smallest absolute Gasteiger partial charge is 0.324 e. The summed E-state index contributed by atoms with van der Waals surface area (Å²) in [6, 6.07) is 20.3.